The first-order valence-corrected chi connectivity index (χ1v) is 7.10. The molecule has 1 aliphatic rings. The molecule has 0 fully saturated rings. The quantitative estimate of drug-likeness (QED) is 0.740. The number of fused-ring (bicyclic) bond motifs is 2. The molecule has 1 aromatic heterocycles. The van der Waals surface area contributed by atoms with Crippen molar-refractivity contribution < 1.29 is 23.7 Å². The standard InChI is InChI=1S/C18H14O5/c1-20-16-8-12(9-17-18(16)23-10-22-17)3-2-11-6-14(19)13-4-5-21-15(13)7-11/h2-9,19H,10H2,1H3/b3-2-. The maximum Gasteiger partial charge on any atom is 0.231 e. The van der Waals surface area contributed by atoms with Gasteiger partial charge in [0.2, 0.25) is 12.5 Å². The van der Waals surface area contributed by atoms with Crippen molar-refractivity contribution in [1.82, 2.24) is 0 Å². The highest BCUT2D eigenvalue weighted by Crippen LogP contribution is 2.42. The van der Waals surface area contributed by atoms with E-state index in [9.17, 15) is 5.11 Å². The van der Waals surface area contributed by atoms with Crippen molar-refractivity contribution in [3.05, 3.63) is 47.7 Å². The highest BCUT2D eigenvalue weighted by atomic mass is 16.7. The summed E-state index contributed by atoms with van der Waals surface area (Å²) < 4.78 is 21.4. The van der Waals surface area contributed by atoms with Crippen LogP contribution in [-0.4, -0.2) is 19.0 Å². The van der Waals surface area contributed by atoms with Gasteiger partial charge in [-0.15, -0.1) is 0 Å². The van der Waals surface area contributed by atoms with Gasteiger partial charge in [0.25, 0.3) is 0 Å². The normalized spacial score (nSPS) is 13.1. The lowest BCUT2D eigenvalue weighted by atomic mass is 10.1. The summed E-state index contributed by atoms with van der Waals surface area (Å²) in [4.78, 5) is 0. The second-order valence-corrected chi connectivity index (χ2v) is 5.16. The lowest BCUT2D eigenvalue weighted by molar-refractivity contribution is 0.171. The summed E-state index contributed by atoms with van der Waals surface area (Å²) >= 11 is 0. The Hall–Kier alpha value is -3.08. The number of rotatable bonds is 3. The van der Waals surface area contributed by atoms with E-state index >= 15 is 0 Å². The van der Waals surface area contributed by atoms with Gasteiger partial charge in [-0.3, -0.25) is 0 Å². The lowest BCUT2D eigenvalue weighted by Crippen LogP contribution is -1.93. The van der Waals surface area contributed by atoms with E-state index in [1.165, 1.54) is 0 Å². The van der Waals surface area contributed by atoms with Gasteiger partial charge in [-0.05, 0) is 41.5 Å². The lowest BCUT2D eigenvalue weighted by Gasteiger charge is -2.05. The zero-order valence-electron chi connectivity index (χ0n) is 12.4. The molecule has 0 saturated carbocycles. The van der Waals surface area contributed by atoms with Crippen LogP contribution in [-0.2, 0) is 0 Å². The van der Waals surface area contributed by atoms with Crippen LogP contribution in [0.1, 0.15) is 11.1 Å². The topological polar surface area (TPSA) is 61.1 Å². The van der Waals surface area contributed by atoms with Gasteiger partial charge >= 0.3 is 0 Å². The Morgan fingerprint density at radius 3 is 2.74 bits per heavy atom. The molecule has 2 aromatic carbocycles. The third-order valence-corrected chi connectivity index (χ3v) is 3.72. The molecule has 5 heteroatoms. The van der Waals surface area contributed by atoms with Crippen molar-refractivity contribution in [3.8, 4) is 23.0 Å². The Bertz CT molecular complexity index is 907. The molecular weight excluding hydrogens is 296 g/mol. The molecule has 0 radical (unpaired) electrons. The number of hydrogen-bond acceptors (Lipinski definition) is 5. The number of methoxy groups -OCH3 is 1. The average Bonchev–Trinajstić information content (AvgIpc) is 3.20. The smallest absolute Gasteiger partial charge is 0.231 e. The number of phenolic OH excluding ortho intramolecular Hbond substituents is 1. The first kappa shape index (κ1) is 13.6. The van der Waals surface area contributed by atoms with Gasteiger partial charge in [-0.2, -0.15) is 0 Å². The van der Waals surface area contributed by atoms with Crippen molar-refractivity contribution in [2.24, 2.45) is 0 Å². The van der Waals surface area contributed by atoms with Gasteiger partial charge < -0.3 is 23.7 Å². The molecule has 0 spiro atoms. The fourth-order valence-electron chi connectivity index (χ4n) is 2.61. The number of ether oxygens (including phenoxy) is 3. The van der Waals surface area contributed by atoms with E-state index in [0.29, 0.717) is 28.2 Å². The second kappa shape index (κ2) is 5.28. The van der Waals surface area contributed by atoms with Gasteiger partial charge in [-0.25, -0.2) is 0 Å². The fraction of sp³-hybridized carbons (Fsp3) is 0.111. The number of aromatic hydroxyl groups is 1. The van der Waals surface area contributed by atoms with Crippen LogP contribution in [0.15, 0.2) is 41.0 Å². The molecule has 1 N–H and O–H groups in total. The molecule has 3 aromatic rings. The van der Waals surface area contributed by atoms with Crippen molar-refractivity contribution in [1.29, 1.82) is 0 Å². The number of phenols is 1. The van der Waals surface area contributed by atoms with Crippen LogP contribution >= 0.6 is 0 Å². The molecule has 23 heavy (non-hydrogen) atoms. The number of furan rings is 1. The number of benzene rings is 2. The van der Waals surface area contributed by atoms with Crippen LogP contribution in [0.5, 0.6) is 23.0 Å². The summed E-state index contributed by atoms with van der Waals surface area (Å²) in [5.74, 6) is 2.11. The summed E-state index contributed by atoms with van der Waals surface area (Å²) in [5.41, 5.74) is 2.39. The van der Waals surface area contributed by atoms with E-state index in [4.69, 9.17) is 18.6 Å². The van der Waals surface area contributed by atoms with Crippen molar-refractivity contribution >= 4 is 23.1 Å². The maximum absolute atomic E-state index is 10.00. The van der Waals surface area contributed by atoms with Crippen molar-refractivity contribution in [2.75, 3.05) is 13.9 Å². The molecule has 1 aliphatic heterocycles. The zero-order chi connectivity index (χ0) is 15.8. The Balaban J connectivity index is 1.70. The van der Waals surface area contributed by atoms with Crippen LogP contribution in [0.25, 0.3) is 23.1 Å². The SMILES string of the molecule is COc1cc(/C=C\c2cc(O)c3ccoc3c2)cc2c1OCO2. The number of hydrogen-bond donors (Lipinski definition) is 1. The molecule has 0 amide bonds. The predicted molar refractivity (Wildman–Crippen MR) is 85.9 cm³/mol. The molecule has 0 unspecified atom stereocenters. The highest BCUT2D eigenvalue weighted by Gasteiger charge is 2.19. The van der Waals surface area contributed by atoms with Gasteiger partial charge in [0.1, 0.15) is 11.3 Å². The Morgan fingerprint density at radius 1 is 1.09 bits per heavy atom. The first-order valence-electron chi connectivity index (χ1n) is 7.10. The third kappa shape index (κ3) is 2.36. The minimum absolute atomic E-state index is 0.194. The minimum Gasteiger partial charge on any atom is -0.507 e. The molecule has 116 valence electrons. The van der Waals surface area contributed by atoms with Crippen molar-refractivity contribution in [3.63, 3.8) is 0 Å². The van der Waals surface area contributed by atoms with E-state index in [-0.39, 0.29) is 12.5 Å². The summed E-state index contributed by atoms with van der Waals surface area (Å²) in [6, 6.07) is 9.05. The monoisotopic (exact) mass is 310 g/mol. The molecule has 4 rings (SSSR count). The molecule has 2 heterocycles. The molecule has 0 aliphatic carbocycles. The van der Waals surface area contributed by atoms with Crippen molar-refractivity contribution in [2.45, 2.75) is 0 Å². The van der Waals surface area contributed by atoms with Crippen LogP contribution < -0.4 is 14.2 Å². The van der Waals surface area contributed by atoms with E-state index in [1.807, 2.05) is 30.4 Å². The molecule has 0 saturated heterocycles. The summed E-state index contributed by atoms with van der Waals surface area (Å²) in [6.07, 6.45) is 5.35. The van der Waals surface area contributed by atoms with Gasteiger partial charge in [-0.1, -0.05) is 12.2 Å². The van der Waals surface area contributed by atoms with Gasteiger partial charge in [0, 0.05) is 0 Å². The van der Waals surface area contributed by atoms with E-state index in [0.717, 1.165) is 11.1 Å². The summed E-state index contributed by atoms with van der Waals surface area (Å²) in [6.45, 7) is 0.196. The Labute approximate surface area is 132 Å². The van der Waals surface area contributed by atoms with Gasteiger partial charge in [0.05, 0.1) is 18.8 Å². The third-order valence-electron chi connectivity index (χ3n) is 3.72. The summed E-state index contributed by atoms with van der Waals surface area (Å²) in [7, 11) is 1.59. The first-order chi connectivity index (χ1) is 11.2. The fourth-order valence-corrected chi connectivity index (χ4v) is 2.61. The predicted octanol–water partition coefficient (Wildman–Crippen LogP) is 4.05. The van der Waals surface area contributed by atoms with Gasteiger partial charge in [0.15, 0.2) is 11.5 Å². The second-order valence-electron chi connectivity index (χ2n) is 5.16. The maximum atomic E-state index is 10.00. The Morgan fingerprint density at radius 2 is 1.91 bits per heavy atom. The zero-order valence-corrected chi connectivity index (χ0v) is 12.4. The van der Waals surface area contributed by atoms with E-state index in [2.05, 4.69) is 0 Å². The van der Waals surface area contributed by atoms with E-state index in [1.54, 1.807) is 25.5 Å². The minimum atomic E-state index is 0.194. The molecule has 0 bridgehead atoms. The largest absolute Gasteiger partial charge is 0.507 e. The highest BCUT2D eigenvalue weighted by molar-refractivity contribution is 5.87. The average molecular weight is 310 g/mol. The Kier molecular flexibility index (Phi) is 3.12. The summed E-state index contributed by atoms with van der Waals surface area (Å²) in [5, 5.41) is 10.7. The van der Waals surface area contributed by atoms with E-state index < -0.39 is 0 Å². The van der Waals surface area contributed by atoms with Crippen LogP contribution in [0.2, 0.25) is 0 Å². The van der Waals surface area contributed by atoms with Crippen LogP contribution in [0.3, 0.4) is 0 Å². The van der Waals surface area contributed by atoms with Crippen LogP contribution in [0.4, 0.5) is 0 Å². The molecule has 5 nitrogen and oxygen atoms in total. The molecule has 0 atom stereocenters. The molecular formula is C18H14O5. The van der Waals surface area contributed by atoms with Crippen LogP contribution in [0, 0.1) is 0 Å².